The molecule has 1 heterocycles. The molecule has 0 unspecified atom stereocenters. The van der Waals surface area contributed by atoms with Crippen molar-refractivity contribution in [1.82, 2.24) is 20.2 Å². The van der Waals surface area contributed by atoms with E-state index in [2.05, 4.69) is 15.6 Å². The number of carbonyl (C=O) groups is 1. The van der Waals surface area contributed by atoms with E-state index in [-0.39, 0.29) is 18.9 Å². The molecule has 1 atom stereocenters. The number of amides is 2. The van der Waals surface area contributed by atoms with Gasteiger partial charge in [-0.1, -0.05) is 30.3 Å². The molecule has 29 heavy (non-hydrogen) atoms. The topological polar surface area (TPSA) is 77.4 Å². The molecular formula is C21H23FN4O3. The third-order valence-corrected chi connectivity index (χ3v) is 4.32. The van der Waals surface area contributed by atoms with Crippen molar-refractivity contribution in [3.63, 3.8) is 0 Å². The van der Waals surface area contributed by atoms with E-state index in [1.807, 2.05) is 35.9 Å². The Morgan fingerprint density at radius 1 is 1.17 bits per heavy atom. The Balaban J connectivity index is 1.64. The van der Waals surface area contributed by atoms with Crippen molar-refractivity contribution in [1.29, 1.82) is 0 Å². The molecule has 3 aromatic rings. The first-order valence-corrected chi connectivity index (χ1v) is 9.12. The van der Waals surface area contributed by atoms with Gasteiger partial charge in [0.15, 0.2) is 11.6 Å². The largest absolute Gasteiger partial charge is 0.496 e. The molecule has 0 radical (unpaired) electrons. The quantitative estimate of drug-likeness (QED) is 0.572. The van der Waals surface area contributed by atoms with Crippen LogP contribution < -0.4 is 20.1 Å². The summed E-state index contributed by atoms with van der Waals surface area (Å²) in [5.41, 5.74) is 0.780. The number of urea groups is 1. The van der Waals surface area contributed by atoms with Crippen LogP contribution in [0.1, 0.15) is 17.4 Å². The molecule has 0 spiro atoms. The van der Waals surface area contributed by atoms with Crippen LogP contribution in [-0.2, 0) is 7.05 Å². The third-order valence-electron chi connectivity index (χ3n) is 4.32. The highest BCUT2D eigenvalue weighted by Gasteiger charge is 2.23. The van der Waals surface area contributed by atoms with E-state index in [1.165, 1.54) is 12.1 Å². The molecular weight excluding hydrogens is 375 g/mol. The lowest BCUT2D eigenvalue weighted by Gasteiger charge is -2.21. The fourth-order valence-corrected chi connectivity index (χ4v) is 2.91. The summed E-state index contributed by atoms with van der Waals surface area (Å²) in [6.45, 7) is 0.343. The lowest BCUT2D eigenvalue weighted by Crippen LogP contribution is -2.40. The molecule has 0 saturated heterocycles. The van der Waals surface area contributed by atoms with Gasteiger partial charge >= 0.3 is 6.03 Å². The second-order valence-electron chi connectivity index (χ2n) is 6.25. The number of aromatic nitrogens is 2. The van der Waals surface area contributed by atoms with Gasteiger partial charge in [-0.05, 0) is 18.2 Å². The van der Waals surface area contributed by atoms with Crippen LogP contribution in [0.15, 0.2) is 60.9 Å². The first kappa shape index (κ1) is 20.2. The zero-order valence-electron chi connectivity index (χ0n) is 16.3. The molecule has 0 aliphatic rings. The molecule has 152 valence electrons. The number of hydrogen-bond acceptors (Lipinski definition) is 4. The van der Waals surface area contributed by atoms with E-state index in [1.54, 1.807) is 31.6 Å². The number of carbonyl (C=O) groups excluding carboxylic acids is 1. The highest BCUT2D eigenvalue weighted by Crippen LogP contribution is 2.28. The molecule has 0 aliphatic heterocycles. The lowest BCUT2D eigenvalue weighted by molar-refractivity contribution is 0.233. The molecule has 1 aromatic heterocycles. The van der Waals surface area contributed by atoms with Crippen LogP contribution >= 0.6 is 0 Å². The fraction of sp³-hybridized carbons (Fsp3) is 0.238. The number of ether oxygens (including phenoxy) is 2. The summed E-state index contributed by atoms with van der Waals surface area (Å²) in [6.07, 6.45) is 3.47. The summed E-state index contributed by atoms with van der Waals surface area (Å²) >= 11 is 0. The van der Waals surface area contributed by atoms with Crippen LogP contribution in [0.5, 0.6) is 11.5 Å². The number of para-hydroxylation sites is 2. The summed E-state index contributed by atoms with van der Waals surface area (Å²) < 4.78 is 26.2. The number of rotatable bonds is 8. The minimum absolute atomic E-state index is 0.135. The average Bonchev–Trinajstić information content (AvgIpc) is 3.16. The number of aryl methyl sites for hydroxylation is 1. The van der Waals surface area contributed by atoms with Gasteiger partial charge in [-0.2, -0.15) is 0 Å². The summed E-state index contributed by atoms with van der Waals surface area (Å²) in [7, 11) is 3.43. The smallest absolute Gasteiger partial charge is 0.315 e. The van der Waals surface area contributed by atoms with E-state index in [9.17, 15) is 9.18 Å². The maximum absolute atomic E-state index is 13.6. The molecule has 2 N–H and O–H groups in total. The highest BCUT2D eigenvalue weighted by molar-refractivity contribution is 5.75. The molecule has 7 nitrogen and oxygen atoms in total. The minimum atomic E-state index is -0.515. The van der Waals surface area contributed by atoms with Crippen molar-refractivity contribution in [2.24, 2.45) is 7.05 Å². The Labute approximate surface area is 168 Å². The van der Waals surface area contributed by atoms with Gasteiger partial charge in [0.25, 0.3) is 0 Å². The van der Waals surface area contributed by atoms with E-state index >= 15 is 0 Å². The first-order chi connectivity index (χ1) is 14.1. The second kappa shape index (κ2) is 9.59. The second-order valence-corrected chi connectivity index (χ2v) is 6.25. The fourth-order valence-electron chi connectivity index (χ4n) is 2.91. The van der Waals surface area contributed by atoms with Crippen molar-refractivity contribution in [3.05, 3.63) is 78.1 Å². The molecule has 0 bridgehead atoms. The third kappa shape index (κ3) is 5.04. The first-order valence-electron chi connectivity index (χ1n) is 9.12. The Kier molecular flexibility index (Phi) is 6.67. The van der Waals surface area contributed by atoms with E-state index in [0.717, 1.165) is 5.56 Å². The lowest BCUT2D eigenvalue weighted by atomic mass is 10.0. The Hall–Kier alpha value is -3.55. The summed E-state index contributed by atoms with van der Waals surface area (Å²) in [5, 5.41) is 5.63. The maximum Gasteiger partial charge on any atom is 0.315 e. The van der Waals surface area contributed by atoms with Crippen LogP contribution in [0, 0.1) is 5.82 Å². The normalized spacial score (nSPS) is 11.6. The van der Waals surface area contributed by atoms with Crippen LogP contribution in [0.2, 0.25) is 0 Å². The number of imidazole rings is 1. The molecule has 3 rings (SSSR count). The Morgan fingerprint density at radius 3 is 2.59 bits per heavy atom. The van der Waals surface area contributed by atoms with E-state index in [0.29, 0.717) is 11.6 Å². The SMILES string of the molecule is COc1ccccc1[C@H](NC(=O)NCCOc1ccccc1F)c1nccn1C. The van der Waals surface area contributed by atoms with Crippen molar-refractivity contribution in [2.75, 3.05) is 20.3 Å². The monoisotopic (exact) mass is 398 g/mol. The molecule has 2 amide bonds. The van der Waals surface area contributed by atoms with Crippen molar-refractivity contribution >= 4 is 6.03 Å². The van der Waals surface area contributed by atoms with Crippen molar-refractivity contribution < 1.29 is 18.7 Å². The summed E-state index contributed by atoms with van der Waals surface area (Å²) in [6, 6.07) is 12.6. The molecule has 8 heteroatoms. The van der Waals surface area contributed by atoms with Crippen molar-refractivity contribution in [2.45, 2.75) is 6.04 Å². The van der Waals surface area contributed by atoms with Crippen molar-refractivity contribution in [3.8, 4) is 11.5 Å². The minimum Gasteiger partial charge on any atom is -0.496 e. The number of nitrogens with zero attached hydrogens (tertiary/aromatic N) is 2. The zero-order chi connectivity index (χ0) is 20.6. The average molecular weight is 398 g/mol. The van der Waals surface area contributed by atoms with Gasteiger partial charge in [0.2, 0.25) is 0 Å². The maximum atomic E-state index is 13.6. The van der Waals surface area contributed by atoms with Crippen LogP contribution in [-0.4, -0.2) is 35.8 Å². The summed E-state index contributed by atoms with van der Waals surface area (Å²) in [5.74, 6) is 1.01. The summed E-state index contributed by atoms with van der Waals surface area (Å²) in [4.78, 5) is 16.8. The van der Waals surface area contributed by atoms with Crippen LogP contribution in [0.25, 0.3) is 0 Å². The number of methoxy groups -OCH3 is 1. The van der Waals surface area contributed by atoms with E-state index < -0.39 is 17.9 Å². The van der Waals surface area contributed by atoms with Gasteiger partial charge < -0.3 is 24.7 Å². The van der Waals surface area contributed by atoms with E-state index in [4.69, 9.17) is 9.47 Å². The number of halogens is 1. The van der Waals surface area contributed by atoms with Crippen LogP contribution in [0.3, 0.4) is 0 Å². The van der Waals surface area contributed by atoms with Gasteiger partial charge in [-0.3, -0.25) is 0 Å². The Morgan fingerprint density at radius 2 is 1.90 bits per heavy atom. The molecule has 0 aliphatic carbocycles. The highest BCUT2D eigenvalue weighted by atomic mass is 19.1. The predicted molar refractivity (Wildman–Crippen MR) is 106 cm³/mol. The molecule has 2 aromatic carbocycles. The number of hydrogen-bond donors (Lipinski definition) is 2. The van der Waals surface area contributed by atoms with Gasteiger partial charge in [0.1, 0.15) is 24.2 Å². The molecule has 0 saturated carbocycles. The van der Waals surface area contributed by atoms with Crippen LogP contribution in [0.4, 0.5) is 9.18 Å². The Bertz CT molecular complexity index is 960. The van der Waals surface area contributed by atoms with Gasteiger partial charge in [-0.25, -0.2) is 14.2 Å². The predicted octanol–water partition coefficient (Wildman–Crippen LogP) is 3.04. The zero-order valence-corrected chi connectivity index (χ0v) is 16.3. The standard InChI is InChI=1S/C21H23FN4O3/c1-26-13-11-23-20(26)19(15-7-3-5-9-17(15)28-2)25-21(27)24-12-14-29-18-10-6-4-8-16(18)22/h3-11,13,19H,12,14H2,1-2H3,(H2,24,25,27)/t19-/m0/s1. The van der Waals surface area contributed by atoms with Gasteiger partial charge in [0, 0.05) is 25.0 Å². The van der Waals surface area contributed by atoms with Gasteiger partial charge in [-0.15, -0.1) is 0 Å². The van der Waals surface area contributed by atoms with Gasteiger partial charge in [0.05, 0.1) is 13.7 Å². The number of nitrogens with one attached hydrogen (secondary N) is 2. The molecule has 0 fully saturated rings. The number of benzene rings is 2.